The molecule has 0 unspecified atom stereocenters. The van der Waals surface area contributed by atoms with Crippen LogP contribution in [0.1, 0.15) is 30.0 Å². The number of hydrogen-bond donors (Lipinski definition) is 0. The highest BCUT2D eigenvalue weighted by molar-refractivity contribution is 5.69. The second kappa shape index (κ2) is 2.78. The maximum absolute atomic E-state index is 2.34. The second-order valence-corrected chi connectivity index (χ2v) is 3.53. The van der Waals surface area contributed by atoms with E-state index in [0.29, 0.717) is 0 Å². The summed E-state index contributed by atoms with van der Waals surface area (Å²) in [4.78, 5) is 0. The summed E-state index contributed by atoms with van der Waals surface area (Å²) in [6, 6.07) is 6.58. The summed E-state index contributed by atoms with van der Waals surface area (Å²) in [5, 5.41) is 0. The first kappa shape index (κ1) is 7.60. The molecule has 0 heterocycles. The van der Waals surface area contributed by atoms with Gasteiger partial charge >= 0.3 is 0 Å². The molecule has 0 saturated carbocycles. The Kier molecular flexibility index (Phi) is 1.76. The first-order chi connectivity index (χ1) is 5.79. The fourth-order valence-corrected chi connectivity index (χ4v) is 1.95. The van der Waals surface area contributed by atoms with E-state index in [1.165, 1.54) is 29.5 Å². The van der Waals surface area contributed by atoms with Gasteiger partial charge in [0.15, 0.2) is 0 Å². The van der Waals surface area contributed by atoms with Crippen molar-refractivity contribution in [2.45, 2.75) is 26.7 Å². The molecule has 0 heteroatoms. The molecule has 0 nitrogen and oxygen atoms in total. The van der Waals surface area contributed by atoms with Crippen LogP contribution in [0.25, 0.3) is 5.57 Å². The summed E-state index contributed by atoms with van der Waals surface area (Å²) in [7, 11) is 0. The SMILES string of the molecule is CC1=CCCc2c(C)cccc21. The summed E-state index contributed by atoms with van der Waals surface area (Å²) in [6.07, 6.45) is 4.77. The average molecular weight is 158 g/mol. The molecule has 0 bridgehead atoms. The van der Waals surface area contributed by atoms with Gasteiger partial charge in [-0.25, -0.2) is 0 Å². The lowest BCUT2D eigenvalue weighted by Gasteiger charge is -2.16. The predicted molar refractivity (Wildman–Crippen MR) is 53.2 cm³/mol. The number of hydrogen-bond acceptors (Lipinski definition) is 0. The highest BCUT2D eigenvalue weighted by Gasteiger charge is 2.09. The molecule has 62 valence electrons. The van der Waals surface area contributed by atoms with Gasteiger partial charge in [0.25, 0.3) is 0 Å². The molecule has 0 N–H and O–H groups in total. The topological polar surface area (TPSA) is 0 Å². The Morgan fingerprint density at radius 3 is 2.75 bits per heavy atom. The van der Waals surface area contributed by atoms with E-state index in [2.05, 4.69) is 38.1 Å². The van der Waals surface area contributed by atoms with Crippen LogP contribution in [-0.2, 0) is 6.42 Å². The van der Waals surface area contributed by atoms with Gasteiger partial charge in [0.2, 0.25) is 0 Å². The predicted octanol–water partition coefficient (Wildman–Crippen LogP) is 3.34. The standard InChI is InChI=1S/C12H14/c1-9-5-3-8-12-10(2)6-4-7-11(9)12/h3,5-6,8H,4,7H2,1-2H3. The smallest absolute Gasteiger partial charge is 0.0196 e. The lowest BCUT2D eigenvalue weighted by atomic mass is 9.89. The number of benzene rings is 1. The van der Waals surface area contributed by atoms with Crippen molar-refractivity contribution >= 4 is 5.57 Å². The normalized spacial score (nSPS) is 15.3. The Morgan fingerprint density at radius 1 is 1.17 bits per heavy atom. The third kappa shape index (κ3) is 1.08. The molecule has 0 aliphatic heterocycles. The molecule has 1 aromatic carbocycles. The van der Waals surface area contributed by atoms with Crippen molar-refractivity contribution in [3.63, 3.8) is 0 Å². The van der Waals surface area contributed by atoms with Gasteiger partial charge in [0, 0.05) is 0 Å². The Balaban J connectivity index is 2.62. The van der Waals surface area contributed by atoms with Crippen molar-refractivity contribution in [3.8, 4) is 0 Å². The van der Waals surface area contributed by atoms with Gasteiger partial charge in [0.05, 0.1) is 0 Å². The third-order valence-corrected chi connectivity index (χ3v) is 2.68. The maximum atomic E-state index is 2.34. The van der Waals surface area contributed by atoms with Crippen LogP contribution in [0.4, 0.5) is 0 Å². The van der Waals surface area contributed by atoms with Crippen molar-refractivity contribution in [1.29, 1.82) is 0 Å². The van der Waals surface area contributed by atoms with Crippen LogP contribution in [0, 0.1) is 6.92 Å². The maximum Gasteiger partial charge on any atom is -0.0196 e. The van der Waals surface area contributed by atoms with Crippen LogP contribution in [0.15, 0.2) is 24.3 Å². The van der Waals surface area contributed by atoms with Gasteiger partial charge in [-0.15, -0.1) is 0 Å². The minimum Gasteiger partial charge on any atom is -0.0807 e. The molecule has 0 amide bonds. The summed E-state index contributed by atoms with van der Waals surface area (Å²) < 4.78 is 0. The van der Waals surface area contributed by atoms with Crippen molar-refractivity contribution in [3.05, 3.63) is 41.0 Å². The Hall–Kier alpha value is -1.04. The Labute approximate surface area is 73.9 Å². The molecule has 12 heavy (non-hydrogen) atoms. The fraction of sp³-hybridized carbons (Fsp3) is 0.333. The first-order valence-corrected chi connectivity index (χ1v) is 4.54. The Morgan fingerprint density at radius 2 is 2.00 bits per heavy atom. The average Bonchev–Trinajstić information content (AvgIpc) is 2.07. The van der Waals surface area contributed by atoms with Gasteiger partial charge in [0.1, 0.15) is 0 Å². The first-order valence-electron chi connectivity index (χ1n) is 4.54. The van der Waals surface area contributed by atoms with Crippen molar-refractivity contribution in [1.82, 2.24) is 0 Å². The minimum atomic E-state index is 1.21. The number of aryl methyl sites for hydroxylation is 1. The van der Waals surface area contributed by atoms with Crippen LogP contribution >= 0.6 is 0 Å². The lowest BCUT2D eigenvalue weighted by Crippen LogP contribution is -1.99. The molecule has 0 fully saturated rings. The van der Waals surface area contributed by atoms with Gasteiger partial charge in [-0.05, 0) is 49.0 Å². The monoisotopic (exact) mass is 158 g/mol. The van der Waals surface area contributed by atoms with Crippen LogP contribution in [0.5, 0.6) is 0 Å². The van der Waals surface area contributed by atoms with Gasteiger partial charge in [-0.1, -0.05) is 24.3 Å². The van der Waals surface area contributed by atoms with Crippen molar-refractivity contribution < 1.29 is 0 Å². The molecule has 2 rings (SSSR count). The zero-order chi connectivity index (χ0) is 8.55. The third-order valence-electron chi connectivity index (χ3n) is 2.68. The fourth-order valence-electron chi connectivity index (χ4n) is 1.95. The van der Waals surface area contributed by atoms with E-state index in [9.17, 15) is 0 Å². The zero-order valence-electron chi connectivity index (χ0n) is 7.72. The number of rotatable bonds is 0. The molecule has 1 aliphatic carbocycles. The van der Waals surface area contributed by atoms with E-state index < -0.39 is 0 Å². The van der Waals surface area contributed by atoms with E-state index >= 15 is 0 Å². The summed E-state index contributed by atoms with van der Waals surface area (Å²) in [5.41, 5.74) is 5.90. The number of allylic oxidation sites excluding steroid dienone is 2. The van der Waals surface area contributed by atoms with Crippen LogP contribution in [0.3, 0.4) is 0 Å². The van der Waals surface area contributed by atoms with Crippen LogP contribution in [0.2, 0.25) is 0 Å². The number of fused-ring (bicyclic) bond motifs is 1. The molecular formula is C12H14. The van der Waals surface area contributed by atoms with E-state index in [4.69, 9.17) is 0 Å². The van der Waals surface area contributed by atoms with Crippen molar-refractivity contribution in [2.75, 3.05) is 0 Å². The van der Waals surface area contributed by atoms with E-state index in [-0.39, 0.29) is 0 Å². The van der Waals surface area contributed by atoms with Gasteiger partial charge in [-0.3, -0.25) is 0 Å². The lowest BCUT2D eigenvalue weighted by molar-refractivity contribution is 0.961. The van der Waals surface area contributed by atoms with E-state index in [1.54, 1.807) is 5.56 Å². The van der Waals surface area contributed by atoms with E-state index in [0.717, 1.165) is 0 Å². The largest absolute Gasteiger partial charge is 0.0807 e. The summed E-state index contributed by atoms with van der Waals surface area (Å²) >= 11 is 0. The second-order valence-electron chi connectivity index (χ2n) is 3.53. The zero-order valence-corrected chi connectivity index (χ0v) is 7.72. The molecule has 1 aliphatic rings. The van der Waals surface area contributed by atoms with Gasteiger partial charge in [-0.2, -0.15) is 0 Å². The molecule has 1 aromatic rings. The highest BCUT2D eigenvalue weighted by Crippen LogP contribution is 2.27. The van der Waals surface area contributed by atoms with Crippen LogP contribution < -0.4 is 0 Å². The molecule has 0 atom stereocenters. The molecular weight excluding hydrogens is 144 g/mol. The van der Waals surface area contributed by atoms with Gasteiger partial charge < -0.3 is 0 Å². The minimum absolute atomic E-state index is 1.21. The Bertz CT molecular complexity index is 332. The van der Waals surface area contributed by atoms with Crippen LogP contribution in [-0.4, -0.2) is 0 Å². The highest BCUT2D eigenvalue weighted by atomic mass is 14.1. The summed E-state index contributed by atoms with van der Waals surface area (Å²) in [6.45, 7) is 4.41. The summed E-state index contributed by atoms with van der Waals surface area (Å²) in [5.74, 6) is 0. The quantitative estimate of drug-likeness (QED) is 0.543. The molecule has 0 radical (unpaired) electrons. The molecule has 0 spiro atoms. The van der Waals surface area contributed by atoms with Crippen molar-refractivity contribution in [2.24, 2.45) is 0 Å². The molecule has 0 aromatic heterocycles. The van der Waals surface area contributed by atoms with E-state index in [1.807, 2.05) is 0 Å². The molecule has 0 saturated heterocycles.